The smallest absolute Gasteiger partial charge is 0.343 e. The number of esters is 1. The Morgan fingerprint density at radius 2 is 1.81 bits per heavy atom. The van der Waals surface area contributed by atoms with E-state index in [2.05, 4.69) is 0 Å². The van der Waals surface area contributed by atoms with Crippen molar-refractivity contribution in [1.29, 1.82) is 0 Å². The summed E-state index contributed by atoms with van der Waals surface area (Å²) in [6, 6.07) is 7.92. The van der Waals surface area contributed by atoms with E-state index in [9.17, 15) is 14.4 Å². The van der Waals surface area contributed by atoms with E-state index in [1.165, 1.54) is 17.0 Å². The van der Waals surface area contributed by atoms with Gasteiger partial charge in [0.15, 0.2) is 5.75 Å². The molecule has 0 aliphatic heterocycles. The molecule has 0 saturated heterocycles. The minimum atomic E-state index is -0.781. The Balaban J connectivity index is 2.60. The van der Waals surface area contributed by atoms with Gasteiger partial charge < -0.3 is 19.8 Å². The van der Waals surface area contributed by atoms with Crippen molar-refractivity contribution in [2.24, 2.45) is 11.7 Å². The largest absolute Gasteiger partial charge is 0.462 e. The third kappa shape index (κ3) is 4.30. The first-order valence-corrected chi connectivity index (χ1v) is 8.30. The minimum absolute atomic E-state index is 0.0892. The molecule has 2 rings (SSSR count). The molecule has 0 radical (unpaired) electrons. The summed E-state index contributed by atoms with van der Waals surface area (Å²) in [5.41, 5.74) is 4.67. The van der Waals surface area contributed by atoms with Crippen LogP contribution in [0, 0.1) is 5.92 Å². The molecule has 2 aromatic rings. The van der Waals surface area contributed by atoms with Crippen molar-refractivity contribution in [1.82, 2.24) is 4.57 Å². The molecule has 7 heteroatoms. The van der Waals surface area contributed by atoms with E-state index in [4.69, 9.17) is 15.2 Å². The standard InChI is InChI=1S/C19H22N2O5/c1-4-25-19(24)14-10-21(16(12(2)3)18(20)23)11-15(17(14)22)26-13-8-6-5-7-9-13/h5-12,16H,4H2,1-3H3,(H2,20,23)/t16-/m0/s1. The number of pyridine rings is 1. The van der Waals surface area contributed by atoms with Crippen molar-refractivity contribution in [2.45, 2.75) is 26.8 Å². The number of nitrogens with zero attached hydrogens (tertiary/aromatic N) is 1. The van der Waals surface area contributed by atoms with Crippen molar-refractivity contribution < 1.29 is 19.1 Å². The number of rotatable bonds is 7. The molecule has 1 atom stereocenters. The molecule has 26 heavy (non-hydrogen) atoms. The Hall–Kier alpha value is -3.09. The van der Waals surface area contributed by atoms with E-state index in [-0.39, 0.29) is 23.8 Å². The van der Waals surface area contributed by atoms with Crippen LogP contribution in [0.5, 0.6) is 11.5 Å². The number of para-hydroxylation sites is 1. The van der Waals surface area contributed by atoms with Crippen LogP contribution >= 0.6 is 0 Å². The number of carbonyl (C=O) groups is 2. The summed E-state index contributed by atoms with van der Waals surface area (Å²) in [6.07, 6.45) is 2.67. The van der Waals surface area contributed by atoms with Gasteiger partial charge in [0.25, 0.3) is 0 Å². The van der Waals surface area contributed by atoms with Gasteiger partial charge in [-0.1, -0.05) is 32.0 Å². The Kier molecular flexibility index (Phi) is 6.16. The van der Waals surface area contributed by atoms with Gasteiger partial charge in [-0.25, -0.2) is 4.79 Å². The van der Waals surface area contributed by atoms with Crippen LogP contribution in [0.15, 0.2) is 47.5 Å². The molecule has 1 amide bonds. The number of nitrogens with two attached hydrogens (primary N) is 1. The van der Waals surface area contributed by atoms with Crippen molar-refractivity contribution in [3.63, 3.8) is 0 Å². The van der Waals surface area contributed by atoms with Crippen LogP contribution < -0.4 is 15.9 Å². The summed E-state index contributed by atoms with van der Waals surface area (Å²) in [5.74, 6) is -1.18. The van der Waals surface area contributed by atoms with Crippen molar-refractivity contribution in [2.75, 3.05) is 6.61 Å². The highest BCUT2D eigenvalue weighted by Crippen LogP contribution is 2.23. The molecule has 0 bridgehead atoms. The molecule has 0 spiro atoms. The number of primary amides is 1. The van der Waals surface area contributed by atoms with Crippen molar-refractivity contribution >= 4 is 11.9 Å². The average Bonchev–Trinajstić information content (AvgIpc) is 2.58. The maximum atomic E-state index is 12.6. The Morgan fingerprint density at radius 1 is 1.15 bits per heavy atom. The van der Waals surface area contributed by atoms with Gasteiger partial charge >= 0.3 is 5.97 Å². The Bertz CT molecular complexity index is 843. The fraction of sp³-hybridized carbons (Fsp3) is 0.316. The first-order valence-electron chi connectivity index (χ1n) is 8.30. The predicted octanol–water partition coefficient (Wildman–Crippen LogP) is 2.50. The molecular formula is C19H22N2O5. The van der Waals surface area contributed by atoms with Gasteiger partial charge in [-0.2, -0.15) is 0 Å². The highest BCUT2D eigenvalue weighted by atomic mass is 16.5. The molecular weight excluding hydrogens is 336 g/mol. The molecule has 0 aliphatic carbocycles. The predicted molar refractivity (Wildman–Crippen MR) is 96.2 cm³/mol. The maximum Gasteiger partial charge on any atom is 0.343 e. The molecule has 1 heterocycles. The van der Waals surface area contributed by atoms with E-state index in [0.717, 1.165) is 0 Å². The lowest BCUT2D eigenvalue weighted by Crippen LogP contribution is -2.32. The lowest BCUT2D eigenvalue weighted by Gasteiger charge is -2.22. The molecule has 1 aromatic heterocycles. The van der Waals surface area contributed by atoms with Gasteiger partial charge in [0, 0.05) is 6.20 Å². The fourth-order valence-electron chi connectivity index (χ4n) is 2.59. The zero-order valence-electron chi connectivity index (χ0n) is 15.0. The Labute approximate surface area is 151 Å². The van der Waals surface area contributed by atoms with Gasteiger partial charge in [-0.15, -0.1) is 0 Å². The molecule has 138 valence electrons. The first kappa shape index (κ1) is 19.2. The van der Waals surface area contributed by atoms with Crippen LogP contribution in [0.4, 0.5) is 0 Å². The summed E-state index contributed by atoms with van der Waals surface area (Å²) in [5, 5.41) is 0. The second-order valence-corrected chi connectivity index (χ2v) is 6.04. The monoisotopic (exact) mass is 358 g/mol. The number of carbonyl (C=O) groups excluding carboxylic acids is 2. The summed E-state index contributed by atoms with van der Waals surface area (Å²) in [7, 11) is 0. The van der Waals surface area contributed by atoms with Crippen LogP contribution in [0.3, 0.4) is 0 Å². The summed E-state index contributed by atoms with van der Waals surface area (Å²) in [6.45, 7) is 5.39. The normalized spacial score (nSPS) is 11.8. The zero-order chi connectivity index (χ0) is 19.3. The average molecular weight is 358 g/mol. The zero-order valence-corrected chi connectivity index (χ0v) is 15.0. The maximum absolute atomic E-state index is 12.6. The molecule has 1 aromatic carbocycles. The highest BCUT2D eigenvalue weighted by Gasteiger charge is 2.25. The second kappa shape index (κ2) is 8.33. The van der Waals surface area contributed by atoms with E-state index < -0.39 is 23.3 Å². The molecule has 0 saturated carbocycles. The van der Waals surface area contributed by atoms with Crippen LogP contribution in [0.1, 0.15) is 37.2 Å². The number of amides is 1. The van der Waals surface area contributed by atoms with Gasteiger partial charge in [-0.3, -0.25) is 9.59 Å². The molecule has 7 nitrogen and oxygen atoms in total. The van der Waals surface area contributed by atoms with Crippen LogP contribution in [-0.4, -0.2) is 23.1 Å². The summed E-state index contributed by atoms with van der Waals surface area (Å²) in [4.78, 5) is 36.7. The number of hydrogen-bond acceptors (Lipinski definition) is 5. The lowest BCUT2D eigenvalue weighted by molar-refractivity contribution is -0.122. The van der Waals surface area contributed by atoms with E-state index in [0.29, 0.717) is 5.75 Å². The van der Waals surface area contributed by atoms with Crippen LogP contribution in [-0.2, 0) is 9.53 Å². The van der Waals surface area contributed by atoms with E-state index >= 15 is 0 Å². The third-order valence-electron chi connectivity index (χ3n) is 3.72. The highest BCUT2D eigenvalue weighted by molar-refractivity contribution is 5.89. The third-order valence-corrected chi connectivity index (χ3v) is 3.72. The topological polar surface area (TPSA) is 101 Å². The van der Waals surface area contributed by atoms with Gasteiger partial charge in [-0.05, 0) is 25.0 Å². The fourth-order valence-corrected chi connectivity index (χ4v) is 2.59. The SMILES string of the molecule is CCOC(=O)c1cn([C@H](C(N)=O)C(C)C)cc(Oc2ccccc2)c1=O. The number of hydrogen-bond donors (Lipinski definition) is 1. The molecule has 0 fully saturated rings. The molecule has 0 aliphatic rings. The van der Waals surface area contributed by atoms with Crippen molar-refractivity contribution in [3.8, 4) is 11.5 Å². The van der Waals surface area contributed by atoms with Gasteiger partial charge in [0.2, 0.25) is 11.3 Å². The summed E-state index contributed by atoms with van der Waals surface area (Å²) >= 11 is 0. The number of aromatic nitrogens is 1. The van der Waals surface area contributed by atoms with E-state index in [1.54, 1.807) is 31.2 Å². The lowest BCUT2D eigenvalue weighted by atomic mass is 10.0. The van der Waals surface area contributed by atoms with Crippen molar-refractivity contribution in [3.05, 3.63) is 58.5 Å². The second-order valence-electron chi connectivity index (χ2n) is 6.04. The minimum Gasteiger partial charge on any atom is -0.462 e. The molecule has 2 N–H and O–H groups in total. The molecule has 0 unspecified atom stereocenters. The Morgan fingerprint density at radius 3 is 2.35 bits per heavy atom. The van der Waals surface area contributed by atoms with Crippen LogP contribution in [0.2, 0.25) is 0 Å². The first-order chi connectivity index (χ1) is 12.3. The number of ether oxygens (including phenoxy) is 2. The van der Waals surface area contributed by atoms with Crippen LogP contribution in [0.25, 0.3) is 0 Å². The summed E-state index contributed by atoms with van der Waals surface area (Å²) < 4.78 is 12.0. The number of benzene rings is 1. The van der Waals surface area contributed by atoms with Gasteiger partial charge in [0.05, 0.1) is 12.8 Å². The quantitative estimate of drug-likeness (QED) is 0.767. The van der Waals surface area contributed by atoms with E-state index in [1.807, 2.05) is 19.9 Å². The van der Waals surface area contributed by atoms with Gasteiger partial charge in [0.1, 0.15) is 17.4 Å².